The van der Waals surface area contributed by atoms with Crippen LogP contribution in [0.3, 0.4) is 0 Å². The standard InChI is InChI=1S/C11H15ClFNO/c1-8(7-15-2)6-14-11-4-3-9(13)5-10(11)12/h3-5,8,14H,6-7H2,1-2H3. The van der Waals surface area contributed by atoms with Crippen molar-refractivity contribution in [3.63, 3.8) is 0 Å². The molecule has 0 fully saturated rings. The second-order valence-electron chi connectivity index (χ2n) is 3.57. The van der Waals surface area contributed by atoms with E-state index in [-0.39, 0.29) is 5.82 Å². The second-order valence-corrected chi connectivity index (χ2v) is 3.97. The quantitative estimate of drug-likeness (QED) is 0.841. The van der Waals surface area contributed by atoms with Gasteiger partial charge in [0.1, 0.15) is 5.82 Å². The first-order valence-corrected chi connectivity index (χ1v) is 5.19. The molecule has 1 atom stereocenters. The number of hydrogen-bond donors (Lipinski definition) is 1. The van der Waals surface area contributed by atoms with Crippen molar-refractivity contribution in [2.24, 2.45) is 5.92 Å². The van der Waals surface area contributed by atoms with Gasteiger partial charge in [-0.2, -0.15) is 0 Å². The van der Waals surface area contributed by atoms with Gasteiger partial charge in [-0.05, 0) is 24.1 Å². The van der Waals surface area contributed by atoms with Crippen LogP contribution in [0.15, 0.2) is 18.2 Å². The molecule has 0 bridgehead atoms. The number of nitrogens with one attached hydrogen (secondary N) is 1. The number of hydrogen-bond acceptors (Lipinski definition) is 2. The molecule has 1 unspecified atom stereocenters. The van der Waals surface area contributed by atoms with Crippen LogP contribution >= 0.6 is 11.6 Å². The maximum atomic E-state index is 12.7. The average Bonchev–Trinajstić information content (AvgIpc) is 2.17. The van der Waals surface area contributed by atoms with Gasteiger partial charge in [0.05, 0.1) is 17.3 Å². The Morgan fingerprint density at radius 1 is 1.53 bits per heavy atom. The number of anilines is 1. The van der Waals surface area contributed by atoms with Crippen molar-refractivity contribution in [3.05, 3.63) is 29.0 Å². The lowest BCUT2D eigenvalue weighted by Gasteiger charge is -2.13. The molecule has 4 heteroatoms. The maximum absolute atomic E-state index is 12.7. The van der Waals surface area contributed by atoms with E-state index in [1.54, 1.807) is 13.2 Å². The smallest absolute Gasteiger partial charge is 0.124 e. The molecule has 15 heavy (non-hydrogen) atoms. The number of rotatable bonds is 5. The summed E-state index contributed by atoms with van der Waals surface area (Å²) in [5, 5.41) is 3.55. The summed E-state index contributed by atoms with van der Waals surface area (Å²) in [4.78, 5) is 0. The Labute approximate surface area is 94.4 Å². The van der Waals surface area contributed by atoms with Crippen LogP contribution in [0.5, 0.6) is 0 Å². The summed E-state index contributed by atoms with van der Waals surface area (Å²) in [6, 6.07) is 4.32. The molecule has 0 saturated heterocycles. The predicted molar refractivity (Wildman–Crippen MR) is 60.9 cm³/mol. The van der Waals surface area contributed by atoms with Crippen molar-refractivity contribution in [1.29, 1.82) is 0 Å². The van der Waals surface area contributed by atoms with Crippen LogP contribution < -0.4 is 5.32 Å². The summed E-state index contributed by atoms with van der Waals surface area (Å²) in [6.45, 7) is 3.50. The zero-order chi connectivity index (χ0) is 11.3. The lowest BCUT2D eigenvalue weighted by molar-refractivity contribution is 0.164. The molecule has 0 amide bonds. The minimum atomic E-state index is -0.324. The van der Waals surface area contributed by atoms with Gasteiger partial charge < -0.3 is 10.1 Å². The molecule has 0 heterocycles. The summed E-state index contributed by atoms with van der Waals surface area (Å²) >= 11 is 5.86. The highest BCUT2D eigenvalue weighted by Crippen LogP contribution is 2.22. The van der Waals surface area contributed by atoms with Crippen LogP contribution in [0.4, 0.5) is 10.1 Å². The van der Waals surface area contributed by atoms with Crippen LogP contribution in [-0.4, -0.2) is 20.3 Å². The molecule has 0 aliphatic carbocycles. The van der Waals surface area contributed by atoms with E-state index in [4.69, 9.17) is 16.3 Å². The van der Waals surface area contributed by atoms with Crippen LogP contribution in [0.2, 0.25) is 5.02 Å². The van der Waals surface area contributed by atoms with Crippen LogP contribution in [-0.2, 0) is 4.74 Å². The Balaban J connectivity index is 2.50. The molecular weight excluding hydrogens is 217 g/mol. The van der Waals surface area contributed by atoms with Crippen molar-refractivity contribution in [3.8, 4) is 0 Å². The third-order valence-corrected chi connectivity index (χ3v) is 2.34. The predicted octanol–water partition coefficient (Wildman–Crippen LogP) is 3.17. The summed E-state index contributed by atoms with van der Waals surface area (Å²) in [7, 11) is 1.67. The summed E-state index contributed by atoms with van der Waals surface area (Å²) in [6.07, 6.45) is 0. The van der Waals surface area contributed by atoms with Gasteiger partial charge in [-0.15, -0.1) is 0 Å². The zero-order valence-electron chi connectivity index (χ0n) is 8.89. The zero-order valence-corrected chi connectivity index (χ0v) is 9.64. The van der Waals surface area contributed by atoms with E-state index in [9.17, 15) is 4.39 Å². The van der Waals surface area contributed by atoms with Gasteiger partial charge >= 0.3 is 0 Å². The highest BCUT2D eigenvalue weighted by Gasteiger charge is 2.04. The Morgan fingerprint density at radius 2 is 2.27 bits per heavy atom. The lowest BCUT2D eigenvalue weighted by Crippen LogP contribution is -2.15. The van der Waals surface area contributed by atoms with E-state index in [1.165, 1.54) is 12.1 Å². The monoisotopic (exact) mass is 231 g/mol. The van der Waals surface area contributed by atoms with Crippen molar-refractivity contribution in [2.75, 3.05) is 25.6 Å². The lowest BCUT2D eigenvalue weighted by atomic mass is 10.2. The van der Waals surface area contributed by atoms with Crippen molar-refractivity contribution in [2.45, 2.75) is 6.92 Å². The molecule has 0 aliphatic rings. The fraction of sp³-hybridized carbons (Fsp3) is 0.455. The van der Waals surface area contributed by atoms with Gasteiger partial charge in [0.15, 0.2) is 0 Å². The fourth-order valence-electron chi connectivity index (χ4n) is 1.26. The number of benzene rings is 1. The van der Waals surface area contributed by atoms with Crippen LogP contribution in [0.25, 0.3) is 0 Å². The van der Waals surface area contributed by atoms with Gasteiger partial charge in [0.2, 0.25) is 0 Å². The molecule has 0 spiro atoms. The molecule has 1 aromatic carbocycles. The second kappa shape index (κ2) is 5.93. The summed E-state index contributed by atoms with van der Waals surface area (Å²) < 4.78 is 17.7. The van der Waals surface area contributed by atoms with Crippen molar-refractivity contribution < 1.29 is 9.13 Å². The van der Waals surface area contributed by atoms with Gasteiger partial charge in [-0.25, -0.2) is 4.39 Å². The SMILES string of the molecule is COCC(C)CNc1ccc(F)cc1Cl. The van der Waals surface area contributed by atoms with Crippen molar-refractivity contribution in [1.82, 2.24) is 0 Å². The number of methoxy groups -OCH3 is 1. The third kappa shape index (κ3) is 4.06. The molecule has 1 aromatic rings. The first kappa shape index (κ1) is 12.3. The Morgan fingerprint density at radius 3 is 2.87 bits per heavy atom. The molecule has 2 nitrogen and oxygen atoms in total. The van der Waals surface area contributed by atoms with E-state index in [0.29, 0.717) is 17.5 Å². The molecule has 0 aromatic heterocycles. The highest BCUT2D eigenvalue weighted by molar-refractivity contribution is 6.33. The minimum absolute atomic E-state index is 0.324. The molecular formula is C11H15ClFNO. The first-order chi connectivity index (χ1) is 7.13. The summed E-state index contributed by atoms with van der Waals surface area (Å²) in [5.41, 5.74) is 0.751. The van der Waals surface area contributed by atoms with Crippen LogP contribution in [0.1, 0.15) is 6.92 Å². The molecule has 0 saturated carbocycles. The van der Waals surface area contributed by atoms with Crippen LogP contribution in [0, 0.1) is 11.7 Å². The minimum Gasteiger partial charge on any atom is -0.384 e. The van der Waals surface area contributed by atoms with Crippen molar-refractivity contribution >= 4 is 17.3 Å². The van der Waals surface area contributed by atoms with E-state index < -0.39 is 0 Å². The number of ether oxygens (including phenoxy) is 1. The summed E-state index contributed by atoms with van der Waals surface area (Å²) in [5.74, 6) is 0.0617. The maximum Gasteiger partial charge on any atom is 0.124 e. The van der Waals surface area contributed by atoms with Gasteiger partial charge in [0.25, 0.3) is 0 Å². The van der Waals surface area contributed by atoms with E-state index in [1.807, 2.05) is 0 Å². The molecule has 0 radical (unpaired) electrons. The Kier molecular flexibility index (Phi) is 4.85. The topological polar surface area (TPSA) is 21.3 Å². The van der Waals surface area contributed by atoms with Gasteiger partial charge in [0, 0.05) is 13.7 Å². The van der Waals surface area contributed by atoms with E-state index in [0.717, 1.165) is 12.2 Å². The Bertz CT molecular complexity index is 319. The van der Waals surface area contributed by atoms with E-state index in [2.05, 4.69) is 12.2 Å². The largest absolute Gasteiger partial charge is 0.384 e. The molecule has 84 valence electrons. The molecule has 0 aliphatic heterocycles. The molecule has 1 N–H and O–H groups in total. The normalized spacial score (nSPS) is 12.5. The Hall–Kier alpha value is -0.800. The van der Waals surface area contributed by atoms with Gasteiger partial charge in [-0.1, -0.05) is 18.5 Å². The molecule has 1 rings (SSSR count). The fourth-order valence-corrected chi connectivity index (χ4v) is 1.49. The van der Waals surface area contributed by atoms with Gasteiger partial charge in [-0.3, -0.25) is 0 Å². The third-order valence-electron chi connectivity index (χ3n) is 2.02. The highest BCUT2D eigenvalue weighted by atomic mass is 35.5. The van der Waals surface area contributed by atoms with E-state index >= 15 is 0 Å². The average molecular weight is 232 g/mol. The first-order valence-electron chi connectivity index (χ1n) is 4.81. The number of halogens is 2.